The van der Waals surface area contributed by atoms with Crippen LogP contribution in [0.5, 0.6) is 0 Å². The lowest BCUT2D eigenvalue weighted by Gasteiger charge is -2.21. The van der Waals surface area contributed by atoms with E-state index < -0.39 is 10.0 Å². The van der Waals surface area contributed by atoms with E-state index in [1.807, 2.05) is 12.1 Å². The largest absolute Gasteiger partial charge is 0.374 e. The Morgan fingerprint density at radius 2 is 1.81 bits per heavy atom. The Morgan fingerprint density at radius 3 is 2.29 bits per heavy atom. The van der Waals surface area contributed by atoms with Crippen molar-refractivity contribution in [2.24, 2.45) is 0 Å². The molecule has 1 aromatic carbocycles. The van der Waals surface area contributed by atoms with Crippen molar-refractivity contribution in [3.8, 4) is 0 Å². The molecule has 0 spiro atoms. The maximum atomic E-state index is 12.1. The topological polar surface area (TPSA) is 101 Å². The van der Waals surface area contributed by atoms with Gasteiger partial charge >= 0.3 is 0 Å². The van der Waals surface area contributed by atoms with Gasteiger partial charge in [0.25, 0.3) is 14.4 Å². The van der Waals surface area contributed by atoms with Gasteiger partial charge in [0.05, 0.1) is 0 Å². The van der Waals surface area contributed by atoms with E-state index in [2.05, 4.69) is 33.7 Å². The first-order valence-electron chi connectivity index (χ1n) is 6.43. The Labute approximate surface area is 127 Å². The van der Waals surface area contributed by atoms with Crippen molar-refractivity contribution in [3.63, 3.8) is 0 Å². The summed E-state index contributed by atoms with van der Waals surface area (Å²) >= 11 is 0.826. The zero-order valence-electron chi connectivity index (χ0n) is 11.8. The van der Waals surface area contributed by atoms with Gasteiger partial charge in [-0.05, 0) is 38.1 Å². The van der Waals surface area contributed by atoms with Crippen molar-refractivity contribution in [2.75, 3.05) is 28.4 Å². The minimum Gasteiger partial charge on any atom is -0.374 e. The number of hydrogen-bond acceptors (Lipinski definition) is 7. The van der Waals surface area contributed by atoms with Crippen molar-refractivity contribution in [3.05, 3.63) is 24.3 Å². The summed E-state index contributed by atoms with van der Waals surface area (Å²) < 4.78 is 26.5. The summed E-state index contributed by atoms with van der Waals surface area (Å²) in [6.07, 6.45) is 0. The van der Waals surface area contributed by atoms with Gasteiger partial charge in [0.2, 0.25) is 5.13 Å². The van der Waals surface area contributed by atoms with Crippen molar-refractivity contribution in [1.82, 2.24) is 10.2 Å². The summed E-state index contributed by atoms with van der Waals surface area (Å²) in [4.78, 5) is 2.17. The monoisotopic (exact) mass is 327 g/mol. The lowest BCUT2D eigenvalue weighted by atomic mass is 10.2. The second-order valence-corrected chi connectivity index (χ2v) is 7.10. The summed E-state index contributed by atoms with van der Waals surface area (Å²) in [5.41, 5.74) is 6.92. The van der Waals surface area contributed by atoms with Crippen LogP contribution in [0.15, 0.2) is 28.6 Å². The Kier molecular flexibility index (Phi) is 4.63. The highest BCUT2D eigenvalue weighted by molar-refractivity contribution is 7.94. The highest BCUT2D eigenvalue weighted by Gasteiger charge is 2.19. The number of anilines is 3. The first-order valence-corrected chi connectivity index (χ1v) is 8.73. The van der Waals surface area contributed by atoms with Crippen molar-refractivity contribution in [1.29, 1.82) is 0 Å². The summed E-state index contributed by atoms with van der Waals surface area (Å²) in [6.45, 7) is 5.93. The van der Waals surface area contributed by atoms with Crippen LogP contribution >= 0.6 is 11.3 Å². The maximum Gasteiger partial charge on any atom is 0.291 e. The Morgan fingerprint density at radius 1 is 1.19 bits per heavy atom. The number of hydrogen-bond donors (Lipinski definition) is 2. The van der Waals surface area contributed by atoms with Crippen LogP contribution in [0.3, 0.4) is 0 Å². The van der Waals surface area contributed by atoms with E-state index >= 15 is 0 Å². The van der Waals surface area contributed by atoms with Gasteiger partial charge in [-0.1, -0.05) is 11.3 Å². The highest BCUT2D eigenvalue weighted by Crippen LogP contribution is 2.22. The molecule has 1 heterocycles. The highest BCUT2D eigenvalue weighted by atomic mass is 32.2. The van der Waals surface area contributed by atoms with Gasteiger partial charge in [-0.25, -0.2) is 0 Å². The Hall–Kier alpha value is -1.87. The fourth-order valence-corrected chi connectivity index (χ4v) is 3.70. The first-order chi connectivity index (χ1) is 9.96. The molecule has 114 valence electrons. The van der Waals surface area contributed by atoms with Gasteiger partial charge in [-0.15, -0.1) is 10.2 Å². The molecule has 0 radical (unpaired) electrons. The van der Waals surface area contributed by atoms with E-state index in [0.29, 0.717) is 5.69 Å². The summed E-state index contributed by atoms with van der Waals surface area (Å²) in [5, 5.41) is 7.16. The summed E-state index contributed by atoms with van der Waals surface area (Å²) in [7, 11) is -3.74. The molecule has 0 unspecified atom stereocenters. The molecule has 2 rings (SSSR count). The van der Waals surface area contributed by atoms with Gasteiger partial charge in [0, 0.05) is 24.5 Å². The normalized spacial score (nSPS) is 11.3. The van der Waals surface area contributed by atoms with Crippen molar-refractivity contribution < 1.29 is 8.42 Å². The number of benzene rings is 1. The molecule has 0 aliphatic carbocycles. The van der Waals surface area contributed by atoms with Crippen LogP contribution in [0.2, 0.25) is 0 Å². The van der Waals surface area contributed by atoms with Gasteiger partial charge in [0.1, 0.15) is 0 Å². The van der Waals surface area contributed by atoms with Crippen LogP contribution in [-0.4, -0.2) is 31.7 Å². The number of nitrogens with one attached hydrogen (secondary N) is 1. The molecule has 0 aliphatic heterocycles. The molecule has 0 fully saturated rings. The molecular weight excluding hydrogens is 310 g/mol. The fourth-order valence-electron chi connectivity index (χ4n) is 1.86. The van der Waals surface area contributed by atoms with Gasteiger partial charge in [0.15, 0.2) is 0 Å². The molecule has 7 nitrogen and oxygen atoms in total. The Bertz CT molecular complexity index is 693. The molecule has 1 aromatic heterocycles. The number of nitrogens with zero attached hydrogens (tertiary/aromatic N) is 3. The van der Waals surface area contributed by atoms with E-state index in [9.17, 15) is 8.42 Å². The molecule has 0 amide bonds. The lowest BCUT2D eigenvalue weighted by Crippen LogP contribution is -2.21. The molecule has 0 aliphatic rings. The molecule has 0 atom stereocenters. The summed E-state index contributed by atoms with van der Waals surface area (Å²) in [5.74, 6) is 0. The molecule has 2 aromatic rings. The summed E-state index contributed by atoms with van der Waals surface area (Å²) in [6, 6.07) is 7.18. The van der Waals surface area contributed by atoms with Gasteiger partial charge in [-0.2, -0.15) is 8.42 Å². The molecule has 21 heavy (non-hydrogen) atoms. The fraction of sp³-hybridized carbons (Fsp3) is 0.333. The van der Waals surface area contributed by atoms with E-state index in [0.717, 1.165) is 30.1 Å². The van der Waals surface area contributed by atoms with Crippen molar-refractivity contribution in [2.45, 2.75) is 18.2 Å². The van der Waals surface area contributed by atoms with Crippen LogP contribution in [0, 0.1) is 0 Å². The molecule has 0 saturated heterocycles. The van der Waals surface area contributed by atoms with Crippen LogP contribution in [-0.2, 0) is 10.0 Å². The van der Waals surface area contributed by atoms with Gasteiger partial charge in [-0.3, -0.25) is 4.72 Å². The van der Waals surface area contributed by atoms with E-state index in [-0.39, 0.29) is 9.47 Å². The van der Waals surface area contributed by atoms with Crippen LogP contribution in [0.4, 0.5) is 16.5 Å². The van der Waals surface area contributed by atoms with E-state index in [4.69, 9.17) is 5.73 Å². The third-order valence-electron chi connectivity index (χ3n) is 2.90. The van der Waals surface area contributed by atoms with Crippen LogP contribution < -0.4 is 15.4 Å². The van der Waals surface area contributed by atoms with E-state index in [1.54, 1.807) is 12.1 Å². The predicted molar refractivity (Wildman–Crippen MR) is 85.1 cm³/mol. The zero-order chi connectivity index (χ0) is 15.5. The Balaban J connectivity index is 2.17. The average Bonchev–Trinajstić information content (AvgIpc) is 2.89. The lowest BCUT2D eigenvalue weighted by molar-refractivity contribution is 0.599. The number of nitrogen functional groups attached to an aromatic ring is 1. The number of nitrogens with two attached hydrogens (primary N) is 1. The maximum absolute atomic E-state index is 12.1. The van der Waals surface area contributed by atoms with Crippen LogP contribution in [0.1, 0.15) is 13.8 Å². The molecule has 9 heteroatoms. The molecular formula is C12H17N5O2S2. The third-order valence-corrected chi connectivity index (χ3v) is 5.40. The zero-order valence-corrected chi connectivity index (χ0v) is 13.4. The van der Waals surface area contributed by atoms with E-state index in [1.165, 1.54) is 0 Å². The van der Waals surface area contributed by atoms with Crippen molar-refractivity contribution >= 4 is 37.9 Å². The average molecular weight is 327 g/mol. The second kappa shape index (κ2) is 6.27. The quantitative estimate of drug-likeness (QED) is 0.838. The molecule has 0 bridgehead atoms. The van der Waals surface area contributed by atoms with Crippen LogP contribution in [0.25, 0.3) is 0 Å². The first kappa shape index (κ1) is 15.5. The molecule has 3 N–H and O–H groups in total. The molecule has 0 saturated carbocycles. The minimum absolute atomic E-state index is 0.118. The van der Waals surface area contributed by atoms with Gasteiger partial charge < -0.3 is 10.6 Å². The minimum atomic E-state index is -3.74. The third kappa shape index (κ3) is 3.61. The number of rotatable bonds is 6. The smallest absolute Gasteiger partial charge is 0.291 e. The number of aromatic nitrogens is 2. The SMILES string of the molecule is CCN(CC)c1ccc(NS(=O)(=O)c2nnc(N)s2)cc1. The predicted octanol–water partition coefficient (Wildman–Crippen LogP) is 1.77. The standard InChI is InChI=1S/C12H17N5O2S2/c1-3-17(4-2)10-7-5-9(6-8-10)16-21(18,19)12-15-14-11(13)20-12/h5-8,16H,3-4H2,1-2H3,(H2,13,14). The second-order valence-electron chi connectivity index (χ2n) is 4.23. The number of sulfonamides is 1.